The molecule has 1 fully saturated rings. The number of aliphatic hydroxyl groups excluding tert-OH is 1. The van der Waals surface area contributed by atoms with Crippen LogP contribution in [0.25, 0.3) is 11.2 Å². The summed E-state index contributed by atoms with van der Waals surface area (Å²) in [6.45, 7) is 0.190. The van der Waals surface area contributed by atoms with E-state index in [1.807, 2.05) is 0 Å². The number of imidazole rings is 1. The summed E-state index contributed by atoms with van der Waals surface area (Å²) in [6.07, 6.45) is 2.18. The highest BCUT2D eigenvalue weighted by atomic mass is 16.7. The second kappa shape index (κ2) is 4.48. The van der Waals surface area contributed by atoms with Crippen LogP contribution >= 0.6 is 0 Å². The van der Waals surface area contributed by atoms with Gasteiger partial charge in [0, 0.05) is 7.05 Å². The van der Waals surface area contributed by atoms with Crippen LogP contribution in [0, 0.1) is 0 Å². The summed E-state index contributed by atoms with van der Waals surface area (Å²) in [5.41, 5.74) is 1.34. The quantitative estimate of drug-likeness (QED) is 0.775. The maximum absolute atomic E-state index is 8.97. The number of anilines is 1. The van der Waals surface area contributed by atoms with Gasteiger partial charge in [0.25, 0.3) is 0 Å². The van der Waals surface area contributed by atoms with Crippen LogP contribution in [0.15, 0.2) is 12.7 Å². The van der Waals surface area contributed by atoms with Gasteiger partial charge >= 0.3 is 0 Å². The summed E-state index contributed by atoms with van der Waals surface area (Å²) in [4.78, 5) is 12.5. The van der Waals surface area contributed by atoms with E-state index in [9.17, 15) is 0 Å². The predicted molar refractivity (Wildman–Crippen MR) is 61.8 cm³/mol. The van der Waals surface area contributed by atoms with E-state index in [1.165, 1.54) is 6.33 Å². The summed E-state index contributed by atoms with van der Waals surface area (Å²) < 4.78 is 12.5. The normalized spacial score (nSPS) is 23.7. The lowest BCUT2D eigenvalue weighted by Crippen LogP contribution is -2.15. The molecule has 0 radical (unpaired) electrons. The maximum atomic E-state index is 8.97. The molecule has 0 bridgehead atoms. The van der Waals surface area contributed by atoms with Gasteiger partial charge in [0.1, 0.15) is 11.8 Å². The van der Waals surface area contributed by atoms with Crippen molar-refractivity contribution in [3.63, 3.8) is 0 Å². The molecular formula is C10H13N5O3. The summed E-state index contributed by atoms with van der Waals surface area (Å²) in [5.74, 6) is 0.663. The Kier molecular flexibility index (Phi) is 2.82. The van der Waals surface area contributed by atoms with Crippen LogP contribution in [0.5, 0.6) is 0 Å². The van der Waals surface area contributed by atoms with Crippen molar-refractivity contribution >= 4 is 17.0 Å². The van der Waals surface area contributed by atoms with E-state index >= 15 is 0 Å². The Labute approximate surface area is 103 Å². The van der Waals surface area contributed by atoms with Crippen LogP contribution in [0.1, 0.15) is 6.23 Å². The van der Waals surface area contributed by atoms with Gasteiger partial charge in [-0.25, -0.2) is 15.0 Å². The Morgan fingerprint density at radius 1 is 1.50 bits per heavy atom. The van der Waals surface area contributed by atoms with E-state index in [0.717, 1.165) is 0 Å². The lowest BCUT2D eigenvalue weighted by atomic mass is 10.5. The van der Waals surface area contributed by atoms with Crippen molar-refractivity contribution in [2.75, 3.05) is 25.6 Å². The number of rotatable bonds is 3. The van der Waals surface area contributed by atoms with Crippen molar-refractivity contribution in [1.82, 2.24) is 19.5 Å². The largest absolute Gasteiger partial charge is 0.391 e. The molecule has 96 valence electrons. The molecule has 1 aliphatic rings. The van der Waals surface area contributed by atoms with Gasteiger partial charge in [-0.15, -0.1) is 0 Å². The molecule has 18 heavy (non-hydrogen) atoms. The lowest BCUT2D eigenvalue weighted by molar-refractivity contribution is -0.0980. The van der Waals surface area contributed by atoms with Crippen molar-refractivity contribution in [1.29, 1.82) is 0 Å². The highest BCUT2D eigenvalue weighted by molar-refractivity contribution is 5.82. The van der Waals surface area contributed by atoms with Gasteiger partial charge in [0.2, 0.25) is 0 Å². The number of fused-ring (bicyclic) bond motifs is 1. The Bertz CT molecular complexity index is 557. The average Bonchev–Trinajstić information content (AvgIpc) is 3.03. The van der Waals surface area contributed by atoms with Crippen LogP contribution in [0.4, 0.5) is 5.82 Å². The highest BCUT2D eigenvalue weighted by Gasteiger charge is 2.28. The molecule has 0 aliphatic carbocycles. The molecule has 0 aromatic carbocycles. The van der Waals surface area contributed by atoms with Crippen LogP contribution < -0.4 is 5.32 Å². The first kappa shape index (κ1) is 11.3. The third-order valence-corrected chi connectivity index (χ3v) is 2.79. The molecule has 0 amide bonds. The molecule has 8 heteroatoms. The van der Waals surface area contributed by atoms with Crippen LogP contribution in [-0.2, 0) is 9.47 Å². The van der Waals surface area contributed by atoms with Gasteiger partial charge in [0.15, 0.2) is 24.0 Å². The molecule has 1 aliphatic heterocycles. The number of nitrogens with one attached hydrogen (secondary N) is 1. The Hall–Kier alpha value is -1.77. The van der Waals surface area contributed by atoms with E-state index < -0.39 is 6.29 Å². The third-order valence-electron chi connectivity index (χ3n) is 2.79. The first-order valence-electron chi connectivity index (χ1n) is 5.56. The van der Waals surface area contributed by atoms with Crippen LogP contribution in [-0.4, -0.2) is 51.2 Å². The standard InChI is InChI=1S/C10H13N5O3/c1-11-9-8-10(13-4-12-9)15(5-14-8)6-3-17-7(2-16)18-6/h4-7,16H,2-3H2,1H3,(H,11,12,13)/t6-,7-/m0/s1. The number of hydrogen-bond acceptors (Lipinski definition) is 7. The van der Waals surface area contributed by atoms with E-state index in [4.69, 9.17) is 14.6 Å². The fraction of sp³-hybridized carbons (Fsp3) is 0.500. The minimum atomic E-state index is -0.585. The van der Waals surface area contributed by atoms with E-state index in [0.29, 0.717) is 23.6 Å². The number of aromatic nitrogens is 4. The molecule has 2 N–H and O–H groups in total. The predicted octanol–water partition coefficient (Wildman–Crippen LogP) is -0.268. The minimum absolute atomic E-state index is 0.167. The molecule has 2 aromatic heterocycles. The van der Waals surface area contributed by atoms with Crippen molar-refractivity contribution in [2.24, 2.45) is 0 Å². The fourth-order valence-corrected chi connectivity index (χ4v) is 1.93. The Balaban J connectivity index is 1.98. The molecular weight excluding hydrogens is 238 g/mol. The first-order valence-corrected chi connectivity index (χ1v) is 5.56. The summed E-state index contributed by atoms with van der Waals surface area (Å²) in [6, 6.07) is 0. The Morgan fingerprint density at radius 2 is 2.39 bits per heavy atom. The highest BCUT2D eigenvalue weighted by Crippen LogP contribution is 2.25. The van der Waals surface area contributed by atoms with Crippen molar-refractivity contribution in [3.8, 4) is 0 Å². The number of nitrogens with zero attached hydrogens (tertiary/aromatic N) is 4. The number of aliphatic hydroxyl groups is 1. The lowest BCUT2D eigenvalue weighted by Gasteiger charge is -2.11. The molecule has 0 spiro atoms. The molecule has 0 unspecified atom stereocenters. The molecule has 8 nitrogen and oxygen atoms in total. The number of hydrogen-bond donors (Lipinski definition) is 2. The monoisotopic (exact) mass is 251 g/mol. The van der Waals surface area contributed by atoms with Gasteiger partial charge in [-0.1, -0.05) is 0 Å². The molecule has 2 atom stereocenters. The van der Waals surface area contributed by atoms with E-state index in [1.54, 1.807) is 17.9 Å². The smallest absolute Gasteiger partial charge is 0.183 e. The second-order valence-electron chi connectivity index (χ2n) is 3.83. The molecule has 3 heterocycles. The second-order valence-corrected chi connectivity index (χ2v) is 3.83. The SMILES string of the molecule is CNc1ncnc2c1ncn2[C@@H]1CO[C@H](CO)O1. The van der Waals surface area contributed by atoms with Crippen LogP contribution in [0.2, 0.25) is 0 Å². The van der Waals surface area contributed by atoms with E-state index in [2.05, 4.69) is 20.3 Å². The first-order chi connectivity index (χ1) is 8.83. The van der Waals surface area contributed by atoms with Crippen molar-refractivity contribution < 1.29 is 14.6 Å². The maximum Gasteiger partial charge on any atom is 0.183 e. The summed E-state index contributed by atoms with van der Waals surface area (Å²) >= 11 is 0. The topological polar surface area (TPSA) is 94.3 Å². The minimum Gasteiger partial charge on any atom is -0.391 e. The van der Waals surface area contributed by atoms with Gasteiger partial charge < -0.3 is 19.9 Å². The van der Waals surface area contributed by atoms with Gasteiger partial charge in [-0.3, -0.25) is 4.57 Å². The Morgan fingerprint density at radius 3 is 3.11 bits per heavy atom. The molecule has 1 saturated heterocycles. The molecule has 2 aromatic rings. The average molecular weight is 251 g/mol. The zero-order chi connectivity index (χ0) is 12.5. The fourth-order valence-electron chi connectivity index (χ4n) is 1.93. The van der Waals surface area contributed by atoms with Crippen molar-refractivity contribution in [2.45, 2.75) is 12.5 Å². The van der Waals surface area contributed by atoms with Crippen molar-refractivity contribution in [3.05, 3.63) is 12.7 Å². The summed E-state index contributed by atoms with van der Waals surface area (Å²) in [5, 5.41) is 11.9. The summed E-state index contributed by atoms with van der Waals surface area (Å²) in [7, 11) is 1.78. The van der Waals surface area contributed by atoms with Crippen LogP contribution in [0.3, 0.4) is 0 Å². The van der Waals surface area contributed by atoms with Gasteiger partial charge in [-0.05, 0) is 0 Å². The van der Waals surface area contributed by atoms with Gasteiger partial charge in [0.05, 0.1) is 19.5 Å². The zero-order valence-corrected chi connectivity index (χ0v) is 9.78. The van der Waals surface area contributed by atoms with E-state index in [-0.39, 0.29) is 12.8 Å². The number of ether oxygens (including phenoxy) is 2. The van der Waals surface area contributed by atoms with Gasteiger partial charge in [-0.2, -0.15) is 0 Å². The third kappa shape index (κ3) is 1.70. The molecule has 3 rings (SSSR count). The zero-order valence-electron chi connectivity index (χ0n) is 9.78. The molecule has 0 saturated carbocycles.